The normalized spacial score (nSPS) is 12.1. The van der Waals surface area contributed by atoms with Gasteiger partial charge in [0.15, 0.2) is 11.6 Å². The average Bonchev–Trinajstić information content (AvgIpc) is 2.69. The molecule has 0 aliphatic heterocycles. The van der Waals surface area contributed by atoms with Gasteiger partial charge in [-0.25, -0.2) is 14.4 Å². The highest BCUT2D eigenvalue weighted by Gasteiger charge is 2.04. The van der Waals surface area contributed by atoms with Crippen LogP contribution in [0.4, 0.5) is 4.39 Å². The molecule has 1 aromatic heterocycles. The molecule has 0 N–H and O–H groups in total. The highest BCUT2D eigenvalue weighted by Crippen LogP contribution is 2.19. The minimum Gasteiger partial charge on any atom is -0.490 e. The van der Waals surface area contributed by atoms with Gasteiger partial charge in [-0.2, -0.15) is 0 Å². The van der Waals surface area contributed by atoms with Crippen molar-refractivity contribution in [2.24, 2.45) is 0 Å². The predicted octanol–water partition coefficient (Wildman–Crippen LogP) is 6.17. The van der Waals surface area contributed by atoms with Gasteiger partial charge < -0.3 is 4.74 Å². The number of hydrogen-bond acceptors (Lipinski definition) is 3. The van der Waals surface area contributed by atoms with Crippen LogP contribution in [0.3, 0.4) is 0 Å². The molecule has 0 radical (unpaired) electrons. The van der Waals surface area contributed by atoms with Crippen LogP contribution in [0.15, 0.2) is 36.7 Å². The first-order valence-electron chi connectivity index (χ1n) is 9.91. The Hall–Kier alpha value is -1.97. The van der Waals surface area contributed by atoms with Crippen LogP contribution in [-0.2, 0) is 6.42 Å². The zero-order valence-corrected chi connectivity index (χ0v) is 16.1. The minimum absolute atomic E-state index is 0.622. The van der Waals surface area contributed by atoms with Crippen molar-refractivity contribution in [3.8, 4) is 17.1 Å². The standard InChI is InChI=1S/C22H31FN2O/c1-3-5-8-15-26-21-16-24-22(25-17-21)19-13-11-18(12-14-19)9-6-7-10-20(23)4-2/h11-14,16-17,20H,3-10,15H2,1-2H3. The summed E-state index contributed by atoms with van der Waals surface area (Å²) in [4.78, 5) is 8.81. The Balaban J connectivity index is 1.80. The van der Waals surface area contributed by atoms with Crippen LogP contribution in [0, 0.1) is 0 Å². The van der Waals surface area contributed by atoms with E-state index in [1.807, 2.05) is 6.92 Å². The van der Waals surface area contributed by atoms with E-state index >= 15 is 0 Å². The molecule has 0 aliphatic carbocycles. The van der Waals surface area contributed by atoms with E-state index < -0.39 is 6.17 Å². The molecular formula is C22H31FN2O. The molecule has 26 heavy (non-hydrogen) atoms. The van der Waals surface area contributed by atoms with E-state index in [-0.39, 0.29) is 0 Å². The fourth-order valence-corrected chi connectivity index (χ4v) is 2.80. The van der Waals surface area contributed by atoms with E-state index in [1.54, 1.807) is 12.4 Å². The van der Waals surface area contributed by atoms with Crippen molar-refractivity contribution in [1.82, 2.24) is 9.97 Å². The van der Waals surface area contributed by atoms with Crippen LogP contribution in [0.5, 0.6) is 5.75 Å². The van der Waals surface area contributed by atoms with Crippen LogP contribution < -0.4 is 4.74 Å². The van der Waals surface area contributed by atoms with Gasteiger partial charge in [0, 0.05) is 5.56 Å². The van der Waals surface area contributed by atoms with Gasteiger partial charge in [-0.05, 0) is 37.7 Å². The molecule has 142 valence electrons. The molecule has 0 amide bonds. The molecule has 0 saturated heterocycles. The summed E-state index contributed by atoms with van der Waals surface area (Å²) in [6.07, 6.45) is 10.5. The summed E-state index contributed by atoms with van der Waals surface area (Å²) in [6, 6.07) is 8.33. The minimum atomic E-state index is -0.645. The van der Waals surface area contributed by atoms with Crippen LogP contribution in [-0.4, -0.2) is 22.7 Å². The summed E-state index contributed by atoms with van der Waals surface area (Å²) in [6.45, 7) is 4.79. The summed E-state index contributed by atoms with van der Waals surface area (Å²) in [7, 11) is 0. The summed E-state index contributed by atoms with van der Waals surface area (Å²) in [5, 5.41) is 0. The molecule has 4 heteroatoms. The third-order valence-corrected chi connectivity index (χ3v) is 4.53. The monoisotopic (exact) mass is 358 g/mol. The van der Waals surface area contributed by atoms with Gasteiger partial charge in [0.2, 0.25) is 0 Å². The first kappa shape index (κ1) is 20.3. The molecule has 1 unspecified atom stereocenters. The molecule has 1 heterocycles. The topological polar surface area (TPSA) is 35.0 Å². The maximum atomic E-state index is 13.2. The predicted molar refractivity (Wildman–Crippen MR) is 105 cm³/mol. The molecule has 0 spiro atoms. The van der Waals surface area contributed by atoms with Gasteiger partial charge in [0.25, 0.3) is 0 Å². The van der Waals surface area contributed by atoms with Gasteiger partial charge in [0.1, 0.15) is 0 Å². The lowest BCUT2D eigenvalue weighted by molar-refractivity contribution is 0.297. The van der Waals surface area contributed by atoms with E-state index in [0.29, 0.717) is 25.3 Å². The van der Waals surface area contributed by atoms with Gasteiger partial charge in [-0.3, -0.25) is 0 Å². The summed E-state index contributed by atoms with van der Waals surface area (Å²) in [5.74, 6) is 1.43. The average molecular weight is 359 g/mol. The van der Waals surface area contributed by atoms with E-state index in [4.69, 9.17) is 4.74 Å². The molecule has 3 nitrogen and oxygen atoms in total. The third kappa shape index (κ3) is 7.11. The van der Waals surface area contributed by atoms with Crippen LogP contribution in [0.25, 0.3) is 11.4 Å². The molecule has 0 saturated carbocycles. The van der Waals surface area contributed by atoms with Gasteiger partial charge in [-0.15, -0.1) is 0 Å². The van der Waals surface area contributed by atoms with Crippen molar-refractivity contribution in [2.75, 3.05) is 6.61 Å². The molecule has 1 aromatic carbocycles. The second-order valence-corrected chi connectivity index (χ2v) is 6.75. The van der Waals surface area contributed by atoms with E-state index in [0.717, 1.165) is 37.0 Å². The zero-order chi connectivity index (χ0) is 18.6. The Bertz CT molecular complexity index is 613. The number of alkyl halides is 1. The summed E-state index contributed by atoms with van der Waals surface area (Å²) >= 11 is 0. The van der Waals surface area contributed by atoms with Gasteiger partial charge in [-0.1, -0.05) is 57.4 Å². The van der Waals surface area contributed by atoms with E-state index in [1.165, 1.54) is 18.4 Å². The molecule has 1 atom stereocenters. The maximum absolute atomic E-state index is 13.2. The fourth-order valence-electron chi connectivity index (χ4n) is 2.80. The number of rotatable bonds is 12. The number of unbranched alkanes of at least 4 members (excludes halogenated alkanes) is 3. The van der Waals surface area contributed by atoms with Crippen molar-refractivity contribution in [2.45, 2.75) is 71.4 Å². The van der Waals surface area contributed by atoms with Crippen molar-refractivity contribution in [3.05, 3.63) is 42.2 Å². The SMILES string of the molecule is CCCCCOc1cnc(-c2ccc(CCCCC(F)CC)cc2)nc1. The first-order chi connectivity index (χ1) is 12.7. The second kappa shape index (κ2) is 11.6. The lowest BCUT2D eigenvalue weighted by Crippen LogP contribution is -1.99. The highest BCUT2D eigenvalue weighted by molar-refractivity contribution is 5.55. The van der Waals surface area contributed by atoms with Crippen LogP contribution in [0.1, 0.15) is 64.4 Å². The lowest BCUT2D eigenvalue weighted by atomic mass is 10.0. The number of benzene rings is 1. The zero-order valence-electron chi connectivity index (χ0n) is 16.1. The summed E-state index contributed by atoms with van der Waals surface area (Å²) < 4.78 is 18.9. The van der Waals surface area contributed by atoms with Crippen molar-refractivity contribution in [1.29, 1.82) is 0 Å². The van der Waals surface area contributed by atoms with E-state index in [2.05, 4.69) is 41.2 Å². The fraction of sp³-hybridized carbons (Fsp3) is 0.545. The van der Waals surface area contributed by atoms with Gasteiger partial charge >= 0.3 is 0 Å². The molecule has 0 aliphatic rings. The molecule has 2 aromatic rings. The number of aromatic nitrogens is 2. The number of halogens is 1. The Morgan fingerprint density at radius 3 is 2.35 bits per heavy atom. The van der Waals surface area contributed by atoms with Crippen molar-refractivity contribution < 1.29 is 9.13 Å². The van der Waals surface area contributed by atoms with Crippen LogP contribution >= 0.6 is 0 Å². The quantitative estimate of drug-likeness (QED) is 0.425. The highest BCUT2D eigenvalue weighted by atomic mass is 19.1. The Morgan fingerprint density at radius 2 is 1.69 bits per heavy atom. The second-order valence-electron chi connectivity index (χ2n) is 6.75. The molecular weight excluding hydrogens is 327 g/mol. The van der Waals surface area contributed by atoms with E-state index in [9.17, 15) is 4.39 Å². The third-order valence-electron chi connectivity index (χ3n) is 4.53. The Morgan fingerprint density at radius 1 is 0.962 bits per heavy atom. The van der Waals surface area contributed by atoms with Crippen molar-refractivity contribution in [3.63, 3.8) is 0 Å². The largest absolute Gasteiger partial charge is 0.490 e. The number of ether oxygens (including phenoxy) is 1. The maximum Gasteiger partial charge on any atom is 0.159 e. The molecule has 2 rings (SSSR count). The Labute approximate surface area is 157 Å². The lowest BCUT2D eigenvalue weighted by Gasteiger charge is -2.07. The number of hydrogen-bond donors (Lipinski definition) is 0. The van der Waals surface area contributed by atoms with Crippen molar-refractivity contribution >= 4 is 0 Å². The van der Waals surface area contributed by atoms with Crippen LogP contribution in [0.2, 0.25) is 0 Å². The summed E-state index contributed by atoms with van der Waals surface area (Å²) in [5.41, 5.74) is 2.28. The Kier molecular flexibility index (Phi) is 9.08. The first-order valence-corrected chi connectivity index (χ1v) is 9.91. The number of aryl methyl sites for hydroxylation is 1. The van der Waals surface area contributed by atoms with Gasteiger partial charge in [0.05, 0.1) is 25.2 Å². The smallest absolute Gasteiger partial charge is 0.159 e. The molecule has 0 fully saturated rings. The molecule has 0 bridgehead atoms. The number of nitrogens with zero attached hydrogens (tertiary/aromatic N) is 2.